The van der Waals surface area contributed by atoms with Crippen LogP contribution in [0.3, 0.4) is 0 Å². The Morgan fingerprint density at radius 1 is 1.00 bits per heavy atom. The highest BCUT2D eigenvalue weighted by molar-refractivity contribution is 5.72. The minimum Gasteiger partial charge on any atom is -0.380 e. The highest BCUT2D eigenvalue weighted by Gasteiger charge is 2.18. The number of nitrogens with zero attached hydrogens (tertiary/aromatic N) is 5. The van der Waals surface area contributed by atoms with Crippen molar-refractivity contribution in [3.05, 3.63) is 30.3 Å². The van der Waals surface area contributed by atoms with Gasteiger partial charge in [-0.25, -0.2) is 4.63 Å². The van der Waals surface area contributed by atoms with E-state index < -0.39 is 0 Å². The molecule has 0 spiro atoms. The van der Waals surface area contributed by atoms with Gasteiger partial charge in [-0.15, -0.1) is 5.10 Å². The number of nitrogen functional groups attached to an aromatic ring is 2. The molecule has 90 valence electrons. The summed E-state index contributed by atoms with van der Waals surface area (Å²) in [6, 6.07) is 9.44. The van der Waals surface area contributed by atoms with Crippen LogP contribution >= 0.6 is 0 Å². The van der Waals surface area contributed by atoms with Crippen LogP contribution in [-0.2, 0) is 0 Å². The van der Waals surface area contributed by atoms with Crippen molar-refractivity contribution in [3.63, 3.8) is 0 Å². The smallest absolute Gasteiger partial charge is 0.244 e. The molecule has 0 aliphatic rings. The molecule has 0 saturated heterocycles. The van der Waals surface area contributed by atoms with Crippen LogP contribution in [0.1, 0.15) is 0 Å². The standard InChI is InChI=1S/C10H9N7O/c11-8-7(6-4-2-1-3-5-6)17(16-13-8)10-9(12)14-18-15-10/h1-5H,11H2,(H2,12,14). The summed E-state index contributed by atoms with van der Waals surface area (Å²) in [5, 5.41) is 14.9. The van der Waals surface area contributed by atoms with Crippen LogP contribution in [0.15, 0.2) is 35.0 Å². The molecule has 0 saturated carbocycles. The van der Waals surface area contributed by atoms with Crippen molar-refractivity contribution >= 4 is 11.6 Å². The first-order valence-electron chi connectivity index (χ1n) is 5.12. The van der Waals surface area contributed by atoms with Crippen molar-refractivity contribution in [2.24, 2.45) is 0 Å². The van der Waals surface area contributed by atoms with Crippen LogP contribution < -0.4 is 11.5 Å². The second-order valence-electron chi connectivity index (χ2n) is 3.57. The first-order valence-corrected chi connectivity index (χ1v) is 5.12. The molecule has 3 aromatic rings. The summed E-state index contributed by atoms with van der Waals surface area (Å²) in [6.45, 7) is 0. The minimum atomic E-state index is 0.122. The normalized spacial score (nSPS) is 10.7. The van der Waals surface area contributed by atoms with Crippen LogP contribution in [-0.4, -0.2) is 25.3 Å². The van der Waals surface area contributed by atoms with Crippen LogP contribution in [0.2, 0.25) is 0 Å². The second kappa shape index (κ2) is 3.84. The molecule has 4 N–H and O–H groups in total. The van der Waals surface area contributed by atoms with E-state index in [9.17, 15) is 0 Å². The molecule has 8 heteroatoms. The number of anilines is 2. The third-order valence-corrected chi connectivity index (χ3v) is 2.44. The topological polar surface area (TPSA) is 122 Å². The van der Waals surface area contributed by atoms with Crippen molar-refractivity contribution in [1.29, 1.82) is 0 Å². The molecule has 8 nitrogen and oxygen atoms in total. The molecule has 2 heterocycles. The molecular formula is C10H9N7O. The third-order valence-electron chi connectivity index (χ3n) is 2.44. The molecule has 18 heavy (non-hydrogen) atoms. The Hall–Kier alpha value is -2.90. The molecule has 0 aliphatic heterocycles. The summed E-state index contributed by atoms with van der Waals surface area (Å²) in [6.07, 6.45) is 0. The molecule has 2 aromatic heterocycles. The highest BCUT2D eigenvalue weighted by Crippen LogP contribution is 2.26. The van der Waals surface area contributed by atoms with Gasteiger partial charge in [0.25, 0.3) is 0 Å². The average Bonchev–Trinajstić information content (AvgIpc) is 2.96. The average molecular weight is 243 g/mol. The van der Waals surface area contributed by atoms with E-state index in [-0.39, 0.29) is 17.5 Å². The molecule has 0 fully saturated rings. The van der Waals surface area contributed by atoms with E-state index >= 15 is 0 Å². The Labute approximate surface area is 101 Å². The van der Waals surface area contributed by atoms with Gasteiger partial charge >= 0.3 is 0 Å². The number of hydrogen-bond acceptors (Lipinski definition) is 7. The van der Waals surface area contributed by atoms with Crippen LogP contribution in [0.4, 0.5) is 11.6 Å². The fourth-order valence-electron chi connectivity index (χ4n) is 1.65. The Balaban J connectivity index is 2.22. The fourth-order valence-corrected chi connectivity index (χ4v) is 1.65. The number of nitrogens with two attached hydrogens (primary N) is 2. The van der Waals surface area contributed by atoms with E-state index in [1.807, 2.05) is 30.3 Å². The van der Waals surface area contributed by atoms with Gasteiger partial charge in [-0.2, -0.15) is 4.68 Å². The zero-order chi connectivity index (χ0) is 12.5. The first kappa shape index (κ1) is 10.3. The van der Waals surface area contributed by atoms with E-state index in [0.717, 1.165) is 5.56 Å². The number of rotatable bonds is 2. The summed E-state index contributed by atoms with van der Waals surface area (Å²) in [5.74, 6) is 0.665. The van der Waals surface area contributed by atoms with Crippen molar-refractivity contribution < 1.29 is 4.63 Å². The van der Waals surface area contributed by atoms with Gasteiger partial charge in [0.2, 0.25) is 11.6 Å². The maximum atomic E-state index is 5.82. The van der Waals surface area contributed by atoms with Crippen LogP contribution in [0.25, 0.3) is 17.1 Å². The van der Waals surface area contributed by atoms with Gasteiger partial charge in [0.05, 0.1) is 0 Å². The summed E-state index contributed by atoms with van der Waals surface area (Å²) in [7, 11) is 0. The summed E-state index contributed by atoms with van der Waals surface area (Å²) in [5.41, 5.74) is 12.9. The molecular weight excluding hydrogens is 234 g/mol. The van der Waals surface area contributed by atoms with Gasteiger partial charge < -0.3 is 11.5 Å². The first-order chi connectivity index (χ1) is 8.77. The summed E-state index contributed by atoms with van der Waals surface area (Å²) < 4.78 is 5.94. The maximum absolute atomic E-state index is 5.82. The minimum absolute atomic E-state index is 0.122. The maximum Gasteiger partial charge on any atom is 0.244 e. The predicted octanol–water partition coefficient (Wildman–Crippen LogP) is 0.482. The predicted molar refractivity (Wildman–Crippen MR) is 63.5 cm³/mol. The number of aromatic nitrogens is 5. The van der Waals surface area contributed by atoms with Crippen LogP contribution in [0, 0.1) is 0 Å². The lowest BCUT2D eigenvalue weighted by Gasteiger charge is -2.03. The SMILES string of the molecule is Nc1nonc1-n1nnc(N)c1-c1ccccc1. The van der Waals surface area contributed by atoms with E-state index in [2.05, 4.69) is 25.3 Å². The van der Waals surface area contributed by atoms with Gasteiger partial charge in [0.15, 0.2) is 5.82 Å². The molecule has 1 aromatic carbocycles. The fraction of sp³-hybridized carbons (Fsp3) is 0. The molecule has 3 rings (SSSR count). The lowest BCUT2D eigenvalue weighted by atomic mass is 10.1. The molecule has 0 bridgehead atoms. The van der Waals surface area contributed by atoms with E-state index in [0.29, 0.717) is 5.69 Å². The van der Waals surface area contributed by atoms with Gasteiger partial charge in [-0.05, 0) is 10.3 Å². The molecule has 0 aliphatic carbocycles. The van der Waals surface area contributed by atoms with Gasteiger partial charge in [-0.3, -0.25) is 0 Å². The van der Waals surface area contributed by atoms with E-state index in [1.165, 1.54) is 4.68 Å². The lowest BCUT2D eigenvalue weighted by molar-refractivity contribution is 0.307. The van der Waals surface area contributed by atoms with Crippen molar-refractivity contribution in [1.82, 2.24) is 25.3 Å². The van der Waals surface area contributed by atoms with Gasteiger partial charge in [-0.1, -0.05) is 35.5 Å². The van der Waals surface area contributed by atoms with Crippen LogP contribution in [0.5, 0.6) is 0 Å². The summed E-state index contributed by atoms with van der Waals surface area (Å²) in [4.78, 5) is 0. The van der Waals surface area contributed by atoms with Crippen molar-refractivity contribution in [2.75, 3.05) is 11.5 Å². The largest absolute Gasteiger partial charge is 0.380 e. The Morgan fingerprint density at radius 3 is 2.44 bits per heavy atom. The summed E-state index contributed by atoms with van der Waals surface area (Å²) >= 11 is 0. The van der Waals surface area contributed by atoms with Crippen molar-refractivity contribution in [3.8, 4) is 17.1 Å². The second-order valence-corrected chi connectivity index (χ2v) is 3.57. The van der Waals surface area contributed by atoms with Gasteiger partial charge in [0.1, 0.15) is 5.69 Å². The zero-order valence-corrected chi connectivity index (χ0v) is 9.19. The number of hydrogen-bond donors (Lipinski definition) is 2. The number of benzene rings is 1. The van der Waals surface area contributed by atoms with Crippen molar-refractivity contribution in [2.45, 2.75) is 0 Å². The molecule has 0 atom stereocenters. The Morgan fingerprint density at radius 2 is 1.78 bits per heavy atom. The molecule has 0 unspecified atom stereocenters. The monoisotopic (exact) mass is 243 g/mol. The lowest BCUT2D eigenvalue weighted by Crippen LogP contribution is -2.03. The zero-order valence-electron chi connectivity index (χ0n) is 9.19. The Kier molecular flexibility index (Phi) is 2.19. The molecule has 0 amide bonds. The van der Waals surface area contributed by atoms with E-state index in [4.69, 9.17) is 11.5 Å². The van der Waals surface area contributed by atoms with Gasteiger partial charge in [0, 0.05) is 5.56 Å². The quantitative estimate of drug-likeness (QED) is 0.671. The highest BCUT2D eigenvalue weighted by atomic mass is 16.6. The Bertz CT molecular complexity index is 673. The third kappa shape index (κ3) is 1.47. The molecule has 0 radical (unpaired) electrons. The van der Waals surface area contributed by atoms with E-state index in [1.54, 1.807) is 0 Å².